The lowest BCUT2D eigenvalue weighted by atomic mass is 10.1. The minimum atomic E-state index is 0.918. The van der Waals surface area contributed by atoms with Gasteiger partial charge in [-0.3, -0.25) is 0 Å². The Labute approximate surface area is 158 Å². The van der Waals surface area contributed by atoms with Gasteiger partial charge >= 0.3 is 0 Å². The van der Waals surface area contributed by atoms with Crippen LogP contribution in [0.3, 0.4) is 0 Å². The van der Waals surface area contributed by atoms with Gasteiger partial charge in [-0.1, -0.05) is 60.7 Å². The monoisotopic (exact) mass is 349 g/mol. The Bertz CT molecular complexity index is 1220. The van der Waals surface area contributed by atoms with Gasteiger partial charge in [-0.15, -0.1) is 0 Å². The number of fused-ring (bicyclic) bond motifs is 3. The van der Waals surface area contributed by atoms with Crippen LogP contribution in [0.25, 0.3) is 33.1 Å². The fraction of sp³-hybridized carbons (Fsp3) is 0.0400. The molecule has 0 spiro atoms. The van der Waals surface area contributed by atoms with Crippen molar-refractivity contribution < 1.29 is 4.42 Å². The normalized spacial score (nSPS) is 11.1. The summed E-state index contributed by atoms with van der Waals surface area (Å²) in [5, 5.41) is 2.32. The van der Waals surface area contributed by atoms with Crippen LogP contribution in [0.4, 0.5) is 11.4 Å². The highest BCUT2D eigenvalue weighted by Crippen LogP contribution is 2.33. The second-order valence-electron chi connectivity index (χ2n) is 6.75. The molecular weight excluding hydrogens is 330 g/mol. The molecule has 0 atom stereocenters. The minimum Gasteiger partial charge on any atom is -0.456 e. The maximum absolute atomic E-state index is 6.03. The molecule has 0 aliphatic rings. The summed E-state index contributed by atoms with van der Waals surface area (Å²) in [5.41, 5.74) is 6.55. The molecule has 0 bridgehead atoms. The summed E-state index contributed by atoms with van der Waals surface area (Å²) >= 11 is 0. The smallest absolute Gasteiger partial charge is 0.137 e. The first-order valence-corrected chi connectivity index (χ1v) is 9.10. The van der Waals surface area contributed by atoms with Gasteiger partial charge in [0.25, 0.3) is 0 Å². The van der Waals surface area contributed by atoms with Crippen LogP contribution in [-0.4, -0.2) is 7.05 Å². The van der Waals surface area contributed by atoms with Gasteiger partial charge in [0, 0.05) is 35.3 Å². The number of rotatable bonds is 3. The van der Waals surface area contributed by atoms with E-state index in [0.717, 1.165) is 33.3 Å². The molecule has 0 fully saturated rings. The van der Waals surface area contributed by atoms with Crippen LogP contribution < -0.4 is 4.90 Å². The Hall–Kier alpha value is -3.52. The van der Waals surface area contributed by atoms with E-state index in [1.165, 1.54) is 11.1 Å². The van der Waals surface area contributed by atoms with Crippen molar-refractivity contribution in [3.8, 4) is 11.1 Å². The van der Waals surface area contributed by atoms with E-state index in [2.05, 4.69) is 84.7 Å². The zero-order valence-corrected chi connectivity index (χ0v) is 15.1. The van der Waals surface area contributed by atoms with Crippen LogP contribution in [0.1, 0.15) is 0 Å². The van der Waals surface area contributed by atoms with E-state index in [1.807, 2.05) is 24.3 Å². The van der Waals surface area contributed by atoms with Crippen molar-refractivity contribution in [2.24, 2.45) is 0 Å². The second-order valence-corrected chi connectivity index (χ2v) is 6.75. The first kappa shape index (κ1) is 15.7. The van der Waals surface area contributed by atoms with Crippen LogP contribution in [0.15, 0.2) is 101 Å². The van der Waals surface area contributed by atoms with E-state index in [9.17, 15) is 0 Å². The maximum atomic E-state index is 6.03. The maximum Gasteiger partial charge on any atom is 0.137 e. The van der Waals surface area contributed by atoms with Gasteiger partial charge in [0.1, 0.15) is 11.2 Å². The average Bonchev–Trinajstić information content (AvgIpc) is 3.12. The van der Waals surface area contributed by atoms with E-state index in [4.69, 9.17) is 4.42 Å². The van der Waals surface area contributed by atoms with E-state index in [0.29, 0.717) is 0 Å². The zero-order valence-electron chi connectivity index (χ0n) is 15.1. The summed E-state index contributed by atoms with van der Waals surface area (Å²) in [4.78, 5) is 2.18. The van der Waals surface area contributed by atoms with E-state index in [-0.39, 0.29) is 0 Å². The standard InChI is InChI=1S/C25H19NO/c1-26(20-13-11-19(12-14-20)18-7-3-2-4-8-18)21-15-16-23-22-9-5-6-10-24(22)27-25(23)17-21/h2-17H,1H3. The largest absolute Gasteiger partial charge is 0.456 e. The molecule has 5 rings (SSSR count). The molecule has 2 heteroatoms. The van der Waals surface area contributed by atoms with Crippen molar-refractivity contribution in [3.05, 3.63) is 97.1 Å². The van der Waals surface area contributed by atoms with Crippen molar-refractivity contribution in [1.82, 2.24) is 0 Å². The van der Waals surface area contributed by atoms with Gasteiger partial charge in [-0.2, -0.15) is 0 Å². The lowest BCUT2D eigenvalue weighted by molar-refractivity contribution is 0.669. The third kappa shape index (κ3) is 2.76. The highest BCUT2D eigenvalue weighted by atomic mass is 16.3. The SMILES string of the molecule is CN(c1ccc(-c2ccccc2)cc1)c1ccc2c(c1)oc1ccccc12. The number of para-hydroxylation sites is 1. The number of furan rings is 1. The fourth-order valence-corrected chi connectivity index (χ4v) is 3.58. The lowest BCUT2D eigenvalue weighted by Crippen LogP contribution is -2.08. The quantitative estimate of drug-likeness (QED) is 0.348. The first-order valence-electron chi connectivity index (χ1n) is 9.10. The number of hydrogen-bond donors (Lipinski definition) is 0. The fourth-order valence-electron chi connectivity index (χ4n) is 3.58. The van der Waals surface area contributed by atoms with Crippen molar-refractivity contribution in [2.75, 3.05) is 11.9 Å². The number of nitrogens with zero attached hydrogens (tertiary/aromatic N) is 1. The Morgan fingerprint density at radius 1 is 0.556 bits per heavy atom. The van der Waals surface area contributed by atoms with E-state index in [1.54, 1.807) is 0 Å². The molecule has 0 aliphatic carbocycles. The average molecular weight is 349 g/mol. The molecule has 27 heavy (non-hydrogen) atoms. The Balaban J connectivity index is 1.49. The molecule has 0 N–H and O–H groups in total. The zero-order chi connectivity index (χ0) is 18.2. The summed E-state index contributed by atoms with van der Waals surface area (Å²) in [7, 11) is 2.08. The number of hydrogen-bond acceptors (Lipinski definition) is 2. The molecule has 5 aromatic rings. The topological polar surface area (TPSA) is 16.4 Å². The van der Waals surface area contributed by atoms with Crippen molar-refractivity contribution in [1.29, 1.82) is 0 Å². The molecule has 130 valence electrons. The van der Waals surface area contributed by atoms with Crippen LogP contribution in [0.2, 0.25) is 0 Å². The molecule has 2 nitrogen and oxygen atoms in total. The first-order chi connectivity index (χ1) is 13.3. The summed E-state index contributed by atoms with van der Waals surface area (Å²) in [5.74, 6) is 0. The van der Waals surface area contributed by atoms with Crippen LogP contribution >= 0.6 is 0 Å². The number of anilines is 2. The van der Waals surface area contributed by atoms with Crippen LogP contribution in [0, 0.1) is 0 Å². The van der Waals surface area contributed by atoms with Gasteiger partial charge in [-0.05, 0) is 41.5 Å². The molecule has 0 amide bonds. The van der Waals surface area contributed by atoms with Gasteiger partial charge in [0.15, 0.2) is 0 Å². The lowest BCUT2D eigenvalue weighted by Gasteiger charge is -2.20. The van der Waals surface area contributed by atoms with E-state index >= 15 is 0 Å². The summed E-state index contributed by atoms with van der Waals surface area (Å²) in [6.07, 6.45) is 0. The van der Waals surface area contributed by atoms with Crippen molar-refractivity contribution >= 4 is 33.3 Å². The Morgan fingerprint density at radius 3 is 2.00 bits per heavy atom. The summed E-state index contributed by atoms with van der Waals surface area (Å²) < 4.78 is 6.03. The molecule has 0 aliphatic heterocycles. The molecule has 1 heterocycles. The predicted octanol–water partition coefficient (Wildman–Crippen LogP) is 7.02. The Kier molecular flexibility index (Phi) is 3.68. The second kappa shape index (κ2) is 6.33. The molecule has 0 saturated heterocycles. The highest BCUT2D eigenvalue weighted by molar-refractivity contribution is 6.05. The Morgan fingerprint density at radius 2 is 1.19 bits per heavy atom. The van der Waals surface area contributed by atoms with Gasteiger partial charge in [0.05, 0.1) is 0 Å². The van der Waals surface area contributed by atoms with Gasteiger partial charge in [0.2, 0.25) is 0 Å². The van der Waals surface area contributed by atoms with Crippen LogP contribution in [0.5, 0.6) is 0 Å². The van der Waals surface area contributed by atoms with Crippen LogP contribution in [-0.2, 0) is 0 Å². The van der Waals surface area contributed by atoms with Crippen molar-refractivity contribution in [2.45, 2.75) is 0 Å². The summed E-state index contributed by atoms with van der Waals surface area (Å²) in [6, 6.07) is 33.7. The molecular formula is C25H19NO. The molecule has 1 aromatic heterocycles. The third-order valence-electron chi connectivity index (χ3n) is 5.11. The molecule has 0 unspecified atom stereocenters. The third-order valence-corrected chi connectivity index (χ3v) is 5.11. The van der Waals surface area contributed by atoms with E-state index < -0.39 is 0 Å². The number of benzene rings is 4. The predicted molar refractivity (Wildman–Crippen MR) is 114 cm³/mol. The molecule has 4 aromatic carbocycles. The highest BCUT2D eigenvalue weighted by Gasteiger charge is 2.10. The minimum absolute atomic E-state index is 0.918. The molecule has 0 radical (unpaired) electrons. The van der Waals surface area contributed by atoms with Gasteiger partial charge < -0.3 is 9.32 Å². The molecule has 0 saturated carbocycles. The van der Waals surface area contributed by atoms with Gasteiger partial charge in [-0.25, -0.2) is 0 Å². The van der Waals surface area contributed by atoms with Crippen molar-refractivity contribution in [3.63, 3.8) is 0 Å². The summed E-state index contributed by atoms with van der Waals surface area (Å²) in [6.45, 7) is 0.